The summed E-state index contributed by atoms with van der Waals surface area (Å²) in [5.74, 6) is 0. The summed E-state index contributed by atoms with van der Waals surface area (Å²) < 4.78 is 1.59. The van der Waals surface area contributed by atoms with Crippen molar-refractivity contribution < 1.29 is 4.79 Å². The van der Waals surface area contributed by atoms with Gasteiger partial charge in [0.1, 0.15) is 11.3 Å². The predicted octanol–water partition coefficient (Wildman–Crippen LogP) is -0.0430. The molecule has 2 heterocycles. The second kappa shape index (κ2) is 3.81. The highest BCUT2D eigenvalue weighted by atomic mass is 32.1. The predicted molar refractivity (Wildman–Crippen MR) is 54.6 cm³/mol. The van der Waals surface area contributed by atoms with E-state index in [1.807, 2.05) is 0 Å². The molecule has 0 saturated heterocycles. The highest BCUT2D eigenvalue weighted by molar-refractivity contribution is 7.16. The van der Waals surface area contributed by atoms with Gasteiger partial charge in [0.15, 0.2) is 0 Å². The SMILES string of the molecule is CN(C)C(=O)NCc1nn2cnnc2s1. The molecule has 0 fully saturated rings. The van der Waals surface area contributed by atoms with E-state index < -0.39 is 0 Å². The second-order valence-electron chi connectivity index (χ2n) is 3.11. The van der Waals surface area contributed by atoms with Crippen molar-refractivity contribution in [3.63, 3.8) is 0 Å². The number of nitrogens with one attached hydrogen (secondary N) is 1. The quantitative estimate of drug-likeness (QED) is 0.779. The zero-order chi connectivity index (χ0) is 10.8. The van der Waals surface area contributed by atoms with Crippen LogP contribution >= 0.6 is 11.3 Å². The second-order valence-corrected chi connectivity index (χ2v) is 4.15. The number of hydrogen-bond acceptors (Lipinski definition) is 5. The molecule has 0 aliphatic heterocycles. The third-order valence-corrected chi connectivity index (χ3v) is 2.64. The lowest BCUT2D eigenvalue weighted by molar-refractivity contribution is 0.217. The van der Waals surface area contributed by atoms with Crippen LogP contribution in [0.25, 0.3) is 4.96 Å². The molecule has 0 aromatic carbocycles. The van der Waals surface area contributed by atoms with E-state index in [1.54, 1.807) is 18.6 Å². The summed E-state index contributed by atoms with van der Waals surface area (Å²) in [6.07, 6.45) is 1.53. The largest absolute Gasteiger partial charge is 0.331 e. The molecule has 0 unspecified atom stereocenters. The van der Waals surface area contributed by atoms with Crippen molar-refractivity contribution in [2.45, 2.75) is 6.54 Å². The summed E-state index contributed by atoms with van der Waals surface area (Å²) in [6, 6.07) is -0.138. The van der Waals surface area contributed by atoms with E-state index in [1.165, 1.54) is 22.6 Å². The lowest BCUT2D eigenvalue weighted by atomic mass is 10.6. The molecule has 0 radical (unpaired) electrons. The molecular formula is C7H10N6OS. The van der Waals surface area contributed by atoms with Gasteiger partial charge in [0.25, 0.3) is 0 Å². The van der Waals surface area contributed by atoms with E-state index in [9.17, 15) is 4.79 Å². The first-order valence-electron chi connectivity index (χ1n) is 4.27. The van der Waals surface area contributed by atoms with Crippen LogP contribution in [0.1, 0.15) is 5.01 Å². The summed E-state index contributed by atoms with van der Waals surface area (Å²) in [7, 11) is 3.38. The lowest BCUT2D eigenvalue weighted by Crippen LogP contribution is -2.33. The third-order valence-electron chi connectivity index (χ3n) is 1.73. The van der Waals surface area contributed by atoms with Gasteiger partial charge in [-0.05, 0) is 0 Å². The fourth-order valence-corrected chi connectivity index (χ4v) is 1.74. The van der Waals surface area contributed by atoms with Crippen LogP contribution in [0.4, 0.5) is 4.79 Å². The maximum absolute atomic E-state index is 11.2. The lowest BCUT2D eigenvalue weighted by Gasteiger charge is -2.10. The molecule has 2 rings (SSSR count). The zero-order valence-corrected chi connectivity index (χ0v) is 9.15. The molecule has 0 bridgehead atoms. The highest BCUT2D eigenvalue weighted by Gasteiger charge is 2.07. The summed E-state index contributed by atoms with van der Waals surface area (Å²) >= 11 is 1.40. The Morgan fingerprint density at radius 2 is 2.47 bits per heavy atom. The third kappa shape index (κ3) is 2.04. The van der Waals surface area contributed by atoms with Crippen molar-refractivity contribution in [1.29, 1.82) is 0 Å². The first kappa shape index (κ1) is 9.84. The highest BCUT2D eigenvalue weighted by Crippen LogP contribution is 2.10. The Labute approximate surface area is 89.7 Å². The minimum absolute atomic E-state index is 0.138. The Balaban J connectivity index is 2.01. The average Bonchev–Trinajstić information content (AvgIpc) is 2.72. The number of carbonyl (C=O) groups excluding carboxylic acids is 1. The van der Waals surface area contributed by atoms with Gasteiger partial charge in [-0.25, -0.2) is 4.79 Å². The van der Waals surface area contributed by atoms with E-state index in [0.29, 0.717) is 6.54 Å². The Morgan fingerprint density at radius 1 is 1.67 bits per heavy atom. The first-order chi connectivity index (χ1) is 7.16. The molecule has 2 aromatic heterocycles. The van der Waals surface area contributed by atoms with E-state index in [2.05, 4.69) is 20.6 Å². The van der Waals surface area contributed by atoms with Crippen LogP contribution in [-0.4, -0.2) is 44.8 Å². The number of carbonyl (C=O) groups is 1. The maximum atomic E-state index is 11.2. The molecule has 1 N–H and O–H groups in total. The fraction of sp³-hybridized carbons (Fsp3) is 0.429. The summed E-state index contributed by atoms with van der Waals surface area (Å²) in [5, 5.41) is 15.2. The number of fused-ring (bicyclic) bond motifs is 1. The number of nitrogens with zero attached hydrogens (tertiary/aromatic N) is 5. The van der Waals surface area contributed by atoms with Gasteiger partial charge < -0.3 is 10.2 Å². The van der Waals surface area contributed by atoms with E-state index >= 15 is 0 Å². The molecule has 2 aromatic rings. The Bertz CT molecular complexity index is 446. The van der Waals surface area contributed by atoms with Crippen LogP contribution < -0.4 is 5.32 Å². The number of amides is 2. The molecule has 0 spiro atoms. The Kier molecular flexibility index (Phi) is 2.50. The number of rotatable bonds is 2. The van der Waals surface area contributed by atoms with Crippen molar-refractivity contribution in [2.75, 3.05) is 14.1 Å². The molecule has 0 atom stereocenters. The van der Waals surface area contributed by atoms with Crippen LogP contribution in [0.3, 0.4) is 0 Å². The Morgan fingerprint density at radius 3 is 3.13 bits per heavy atom. The minimum Gasteiger partial charge on any atom is -0.331 e. The van der Waals surface area contributed by atoms with Gasteiger partial charge >= 0.3 is 6.03 Å². The van der Waals surface area contributed by atoms with Crippen LogP contribution in [0, 0.1) is 0 Å². The monoisotopic (exact) mass is 226 g/mol. The van der Waals surface area contributed by atoms with Crippen molar-refractivity contribution >= 4 is 22.3 Å². The van der Waals surface area contributed by atoms with E-state index in [4.69, 9.17) is 0 Å². The first-order valence-corrected chi connectivity index (χ1v) is 5.09. The van der Waals surface area contributed by atoms with Gasteiger partial charge in [0, 0.05) is 14.1 Å². The van der Waals surface area contributed by atoms with Gasteiger partial charge in [-0.2, -0.15) is 9.61 Å². The topological polar surface area (TPSA) is 75.4 Å². The molecule has 15 heavy (non-hydrogen) atoms. The normalized spacial score (nSPS) is 10.5. The van der Waals surface area contributed by atoms with Crippen molar-refractivity contribution in [1.82, 2.24) is 30.0 Å². The van der Waals surface area contributed by atoms with Crippen LogP contribution in [-0.2, 0) is 6.54 Å². The van der Waals surface area contributed by atoms with Crippen molar-refractivity contribution in [3.8, 4) is 0 Å². The van der Waals surface area contributed by atoms with Crippen LogP contribution in [0.5, 0.6) is 0 Å². The number of aromatic nitrogens is 4. The molecule has 0 aliphatic rings. The van der Waals surface area contributed by atoms with Crippen LogP contribution in [0.15, 0.2) is 6.33 Å². The smallest absolute Gasteiger partial charge is 0.317 e. The average molecular weight is 226 g/mol. The summed E-state index contributed by atoms with van der Waals surface area (Å²) in [5.41, 5.74) is 0. The number of hydrogen-bond donors (Lipinski definition) is 1. The molecule has 7 nitrogen and oxygen atoms in total. The summed E-state index contributed by atoms with van der Waals surface area (Å²) in [6.45, 7) is 0.408. The Hall–Kier alpha value is -1.70. The maximum Gasteiger partial charge on any atom is 0.317 e. The van der Waals surface area contributed by atoms with E-state index in [-0.39, 0.29) is 6.03 Å². The molecule has 80 valence electrons. The molecule has 2 amide bonds. The standard InChI is InChI=1S/C7H10N6OS/c1-12(2)6(14)8-3-5-11-13-4-9-10-7(13)15-5/h4H,3H2,1-2H3,(H,8,14). The molecule has 8 heteroatoms. The van der Waals surface area contributed by atoms with E-state index in [0.717, 1.165) is 9.97 Å². The van der Waals surface area contributed by atoms with Gasteiger partial charge in [-0.1, -0.05) is 11.3 Å². The van der Waals surface area contributed by atoms with Crippen molar-refractivity contribution in [2.24, 2.45) is 0 Å². The van der Waals surface area contributed by atoms with Gasteiger partial charge in [-0.3, -0.25) is 0 Å². The molecule has 0 saturated carbocycles. The zero-order valence-electron chi connectivity index (χ0n) is 8.34. The summed E-state index contributed by atoms with van der Waals surface area (Å²) in [4.78, 5) is 13.4. The fourth-order valence-electron chi connectivity index (χ4n) is 0.982. The molecular weight excluding hydrogens is 216 g/mol. The van der Waals surface area contributed by atoms with Crippen molar-refractivity contribution in [3.05, 3.63) is 11.3 Å². The number of urea groups is 1. The van der Waals surface area contributed by atoms with Gasteiger partial charge in [-0.15, -0.1) is 10.2 Å². The van der Waals surface area contributed by atoms with Gasteiger partial charge in [0.2, 0.25) is 4.96 Å². The van der Waals surface area contributed by atoms with Gasteiger partial charge in [0.05, 0.1) is 6.54 Å². The van der Waals surface area contributed by atoms with Crippen LogP contribution in [0.2, 0.25) is 0 Å². The minimum atomic E-state index is -0.138. The molecule has 0 aliphatic carbocycles.